The van der Waals surface area contributed by atoms with Gasteiger partial charge >= 0.3 is 0 Å². The van der Waals surface area contributed by atoms with Crippen molar-refractivity contribution in [3.63, 3.8) is 0 Å². The number of hydrogen-bond donors (Lipinski definition) is 1. The predicted octanol–water partition coefficient (Wildman–Crippen LogP) is 8.02. The number of fused-ring (bicyclic) bond motifs is 1. The zero-order chi connectivity index (χ0) is 28.9. The lowest BCUT2D eigenvalue weighted by Gasteiger charge is -2.23. The van der Waals surface area contributed by atoms with Crippen LogP contribution in [0.2, 0.25) is 10.0 Å². The Morgan fingerprint density at radius 3 is 2.64 bits per heavy atom. The second-order valence-electron chi connectivity index (χ2n) is 11.0. The fourth-order valence-electron chi connectivity index (χ4n) is 5.69. The SMILES string of the molecule is C[C@@H](Oc1ccc2c(c1)c(/C=C/c1cccc(CNC3CCOCC3)c1)nn2C1CCCCO1)c1c(Cl)cncc1Cl. The van der Waals surface area contributed by atoms with Gasteiger partial charge in [-0.2, -0.15) is 5.10 Å². The van der Waals surface area contributed by atoms with Gasteiger partial charge in [0.1, 0.15) is 11.9 Å². The molecule has 2 aliphatic heterocycles. The largest absolute Gasteiger partial charge is 0.486 e. The fraction of sp³-hybridized carbons (Fsp3) is 0.394. The van der Waals surface area contributed by atoms with Gasteiger partial charge in [-0.3, -0.25) is 4.98 Å². The van der Waals surface area contributed by atoms with Crippen LogP contribution in [-0.4, -0.2) is 40.6 Å². The molecule has 2 aromatic heterocycles. The van der Waals surface area contributed by atoms with E-state index in [1.54, 1.807) is 12.4 Å². The lowest BCUT2D eigenvalue weighted by molar-refractivity contribution is -0.0367. The van der Waals surface area contributed by atoms with Crippen LogP contribution < -0.4 is 10.1 Å². The van der Waals surface area contributed by atoms with Crippen molar-refractivity contribution in [3.05, 3.63) is 87.3 Å². The minimum absolute atomic E-state index is 0.0805. The van der Waals surface area contributed by atoms with Gasteiger partial charge in [0.25, 0.3) is 0 Å². The van der Waals surface area contributed by atoms with Gasteiger partial charge in [-0.1, -0.05) is 53.5 Å². The summed E-state index contributed by atoms with van der Waals surface area (Å²) in [5.41, 5.74) is 4.97. The average molecular weight is 608 g/mol. The van der Waals surface area contributed by atoms with Gasteiger partial charge in [0.15, 0.2) is 6.23 Å². The van der Waals surface area contributed by atoms with E-state index in [0.717, 1.165) is 80.6 Å². The molecule has 1 N–H and O–H groups in total. The van der Waals surface area contributed by atoms with Crippen molar-refractivity contribution >= 4 is 46.3 Å². The molecule has 0 saturated carbocycles. The first-order valence-corrected chi connectivity index (χ1v) is 15.5. The molecule has 4 aromatic rings. The molecule has 1 unspecified atom stereocenters. The molecule has 7 nitrogen and oxygen atoms in total. The Morgan fingerprint density at radius 1 is 1.02 bits per heavy atom. The lowest BCUT2D eigenvalue weighted by Crippen LogP contribution is -2.34. The summed E-state index contributed by atoms with van der Waals surface area (Å²) < 4.78 is 20.0. The van der Waals surface area contributed by atoms with Crippen molar-refractivity contribution in [3.8, 4) is 5.75 Å². The van der Waals surface area contributed by atoms with Crippen LogP contribution in [0.1, 0.15) is 73.7 Å². The van der Waals surface area contributed by atoms with Gasteiger partial charge in [0.2, 0.25) is 0 Å². The van der Waals surface area contributed by atoms with Crippen LogP contribution in [0.4, 0.5) is 0 Å². The van der Waals surface area contributed by atoms with E-state index in [-0.39, 0.29) is 12.3 Å². The van der Waals surface area contributed by atoms with Gasteiger partial charge in [-0.15, -0.1) is 0 Å². The van der Waals surface area contributed by atoms with Gasteiger partial charge in [-0.05, 0) is 74.4 Å². The summed E-state index contributed by atoms with van der Waals surface area (Å²) in [5, 5.41) is 10.7. The Kier molecular flexibility index (Phi) is 9.42. The molecule has 2 aromatic carbocycles. The minimum atomic E-state index is -0.362. The molecule has 2 fully saturated rings. The molecule has 2 saturated heterocycles. The maximum atomic E-state index is 6.40. The number of aromatic nitrogens is 3. The first kappa shape index (κ1) is 29.1. The van der Waals surface area contributed by atoms with E-state index in [1.165, 1.54) is 5.56 Å². The highest BCUT2D eigenvalue weighted by Crippen LogP contribution is 2.35. The molecule has 220 valence electrons. The van der Waals surface area contributed by atoms with Crippen LogP contribution in [0.5, 0.6) is 5.75 Å². The van der Waals surface area contributed by atoms with Crippen molar-refractivity contribution in [1.29, 1.82) is 0 Å². The van der Waals surface area contributed by atoms with Crippen molar-refractivity contribution in [2.75, 3.05) is 19.8 Å². The van der Waals surface area contributed by atoms with Crippen molar-refractivity contribution in [1.82, 2.24) is 20.1 Å². The van der Waals surface area contributed by atoms with E-state index in [0.29, 0.717) is 27.4 Å². The highest BCUT2D eigenvalue weighted by atomic mass is 35.5. The third-order valence-electron chi connectivity index (χ3n) is 7.95. The summed E-state index contributed by atoms with van der Waals surface area (Å²) in [6.07, 6.45) is 12.2. The summed E-state index contributed by atoms with van der Waals surface area (Å²) >= 11 is 12.8. The maximum absolute atomic E-state index is 6.40. The molecule has 2 atom stereocenters. The summed E-state index contributed by atoms with van der Waals surface area (Å²) in [5.74, 6) is 0.707. The topological polar surface area (TPSA) is 70.4 Å². The molecule has 2 aliphatic rings. The number of hydrogen-bond acceptors (Lipinski definition) is 6. The Balaban J connectivity index is 1.27. The van der Waals surface area contributed by atoms with Crippen LogP contribution >= 0.6 is 23.2 Å². The Labute approximate surface area is 256 Å². The summed E-state index contributed by atoms with van der Waals surface area (Å²) in [7, 11) is 0. The average Bonchev–Trinajstić information content (AvgIpc) is 3.38. The minimum Gasteiger partial charge on any atom is -0.486 e. The van der Waals surface area contributed by atoms with E-state index in [9.17, 15) is 0 Å². The molecule has 4 heterocycles. The monoisotopic (exact) mass is 606 g/mol. The van der Waals surface area contributed by atoms with Crippen LogP contribution in [-0.2, 0) is 16.0 Å². The quantitative estimate of drug-likeness (QED) is 0.208. The Hall–Kier alpha value is -2.94. The number of pyridine rings is 1. The third kappa shape index (κ3) is 6.82. The van der Waals surface area contributed by atoms with Gasteiger partial charge < -0.3 is 19.5 Å². The van der Waals surface area contributed by atoms with Crippen LogP contribution in [0.3, 0.4) is 0 Å². The van der Waals surface area contributed by atoms with E-state index >= 15 is 0 Å². The molecule has 0 spiro atoms. The van der Waals surface area contributed by atoms with Crippen molar-refractivity contribution in [2.45, 2.75) is 63.9 Å². The molecule has 0 bridgehead atoms. The van der Waals surface area contributed by atoms with Crippen LogP contribution in [0, 0.1) is 0 Å². The van der Waals surface area contributed by atoms with E-state index in [1.807, 2.05) is 23.7 Å². The lowest BCUT2D eigenvalue weighted by atomic mass is 10.1. The third-order valence-corrected chi connectivity index (χ3v) is 8.55. The van der Waals surface area contributed by atoms with Crippen LogP contribution in [0.15, 0.2) is 54.9 Å². The second kappa shape index (κ2) is 13.6. The standard InChI is InChI=1S/C33H36Cl2N4O3/c1-22(33-28(34)20-36-21-29(33)35)42-26-9-11-31-27(18-26)30(38-39(31)32-7-2-3-14-41-32)10-8-23-5-4-6-24(17-23)19-37-25-12-15-40-16-13-25/h4-6,8-11,17-18,20-22,25,32,37H,2-3,7,12-16,19H2,1H3/b10-8+/t22-,32?/m1/s1. The first-order valence-electron chi connectivity index (χ1n) is 14.7. The van der Waals surface area contributed by atoms with E-state index < -0.39 is 0 Å². The molecule has 0 aliphatic carbocycles. The zero-order valence-electron chi connectivity index (χ0n) is 23.8. The van der Waals surface area contributed by atoms with Gasteiger partial charge in [0.05, 0.1) is 21.3 Å². The first-order chi connectivity index (χ1) is 20.5. The molecule has 6 rings (SSSR count). The highest BCUT2D eigenvalue weighted by Gasteiger charge is 2.22. The normalized spacial score (nSPS) is 19.0. The summed E-state index contributed by atoms with van der Waals surface area (Å²) in [6.45, 7) is 5.19. The zero-order valence-corrected chi connectivity index (χ0v) is 25.3. The van der Waals surface area contributed by atoms with Crippen LogP contribution in [0.25, 0.3) is 23.1 Å². The fourth-order valence-corrected chi connectivity index (χ4v) is 6.37. The van der Waals surface area contributed by atoms with Gasteiger partial charge in [-0.25, -0.2) is 4.68 Å². The maximum Gasteiger partial charge on any atom is 0.150 e. The molecule has 9 heteroatoms. The van der Waals surface area contributed by atoms with E-state index in [4.69, 9.17) is 42.5 Å². The molecule has 0 amide bonds. The Bertz CT molecular complexity index is 1520. The molecular formula is C33H36Cl2N4O3. The van der Waals surface area contributed by atoms with Crippen molar-refractivity contribution in [2.24, 2.45) is 0 Å². The van der Waals surface area contributed by atoms with Gasteiger partial charge in [0, 0.05) is 55.8 Å². The van der Waals surface area contributed by atoms with Crippen molar-refractivity contribution < 1.29 is 14.2 Å². The molecular weight excluding hydrogens is 571 g/mol. The number of rotatable bonds is 9. The smallest absolute Gasteiger partial charge is 0.150 e. The highest BCUT2D eigenvalue weighted by molar-refractivity contribution is 6.35. The number of nitrogens with zero attached hydrogens (tertiary/aromatic N) is 3. The summed E-state index contributed by atoms with van der Waals surface area (Å²) in [6, 6.07) is 15.2. The number of benzene rings is 2. The second-order valence-corrected chi connectivity index (χ2v) is 11.8. The summed E-state index contributed by atoms with van der Waals surface area (Å²) in [4.78, 5) is 4.06. The molecule has 42 heavy (non-hydrogen) atoms. The number of ether oxygens (including phenoxy) is 3. The number of nitrogens with one attached hydrogen (secondary N) is 1. The Morgan fingerprint density at radius 2 is 1.86 bits per heavy atom. The molecule has 0 radical (unpaired) electrons. The van der Waals surface area contributed by atoms with E-state index in [2.05, 4.69) is 52.8 Å². The number of halogens is 2. The predicted molar refractivity (Wildman–Crippen MR) is 168 cm³/mol.